The molecule has 2 aromatic carbocycles. The van der Waals surface area contributed by atoms with Crippen molar-refractivity contribution in [2.75, 3.05) is 0 Å². The molecule has 0 amide bonds. The predicted molar refractivity (Wildman–Crippen MR) is 87.8 cm³/mol. The molecule has 0 spiro atoms. The minimum absolute atomic E-state index is 0.568. The Morgan fingerprint density at radius 1 is 0.727 bits per heavy atom. The highest BCUT2D eigenvalue weighted by Crippen LogP contribution is 2.04. The minimum Gasteiger partial charge on any atom is -0.289 e. The van der Waals surface area contributed by atoms with Crippen LogP contribution in [-0.2, 0) is 4.79 Å². The molecule has 104 valence electrons. The molecule has 2 nitrogen and oxygen atoms in total. The second-order valence-corrected chi connectivity index (χ2v) is 3.90. The molecule has 0 bridgehead atoms. The average molecular weight is 283 g/mol. The molecule has 0 saturated carbocycles. The van der Waals surface area contributed by atoms with Crippen molar-refractivity contribution < 1.29 is 4.79 Å². The van der Waals surface area contributed by atoms with E-state index in [0.717, 1.165) is 16.7 Å². The fourth-order valence-electron chi connectivity index (χ4n) is 1.52. The molecule has 0 N–H and O–H groups in total. The van der Waals surface area contributed by atoms with Crippen LogP contribution in [0.3, 0.4) is 0 Å². The van der Waals surface area contributed by atoms with E-state index in [0.29, 0.717) is 11.8 Å². The van der Waals surface area contributed by atoms with Crippen molar-refractivity contribution in [2.45, 2.75) is 0 Å². The topological polar surface area (TPSA) is 40.9 Å². The molecule has 0 aromatic heterocycles. The Bertz CT molecular complexity index is 786. The Hall–Kier alpha value is -3.54. The van der Waals surface area contributed by atoms with E-state index in [4.69, 9.17) is 5.26 Å². The summed E-state index contributed by atoms with van der Waals surface area (Å²) in [6.07, 6.45) is 0.568. The van der Waals surface area contributed by atoms with Crippen LogP contribution in [0.4, 0.5) is 0 Å². The number of hydrogen-bond acceptors (Lipinski definition) is 2. The highest BCUT2D eigenvalue weighted by atomic mass is 16.1. The minimum atomic E-state index is 0.568. The van der Waals surface area contributed by atoms with Crippen LogP contribution in [0.1, 0.15) is 22.3 Å². The van der Waals surface area contributed by atoms with Gasteiger partial charge in [-0.1, -0.05) is 17.8 Å². The summed E-state index contributed by atoms with van der Waals surface area (Å²) in [6, 6.07) is 16.5. The number of carbonyl (C=O) groups excluding carboxylic acids is 1. The molecular formula is C20H13NO. The number of nitrogens with zero attached hydrogens (tertiary/aromatic N) is 1. The molecule has 0 unspecified atom stereocenters. The Kier molecular flexibility index (Phi) is 7.04. The molecule has 0 fully saturated rings. The van der Waals surface area contributed by atoms with Gasteiger partial charge in [-0.15, -0.1) is 13.2 Å². The first kappa shape index (κ1) is 16.5. The zero-order valence-electron chi connectivity index (χ0n) is 12.0. The van der Waals surface area contributed by atoms with Gasteiger partial charge in [0.15, 0.2) is 6.29 Å². The summed E-state index contributed by atoms with van der Waals surface area (Å²) in [5.41, 5.74) is 3.12. The summed E-state index contributed by atoms with van der Waals surface area (Å²) in [5, 5.41) is 8.71. The number of carbonyl (C=O) groups is 1. The van der Waals surface area contributed by atoms with Gasteiger partial charge >= 0.3 is 0 Å². The van der Waals surface area contributed by atoms with Gasteiger partial charge in [-0.05, 0) is 54.5 Å². The van der Waals surface area contributed by atoms with Crippen molar-refractivity contribution in [1.29, 1.82) is 5.26 Å². The summed E-state index contributed by atoms with van der Waals surface area (Å²) in [6.45, 7) is 6.00. The van der Waals surface area contributed by atoms with E-state index >= 15 is 0 Å². The van der Waals surface area contributed by atoms with Crippen molar-refractivity contribution >= 4 is 6.29 Å². The number of rotatable bonds is 0. The molecule has 0 heterocycles. The fourth-order valence-corrected chi connectivity index (χ4v) is 1.52. The fraction of sp³-hybridized carbons (Fsp3) is 0. The number of nitriles is 1. The predicted octanol–water partition coefficient (Wildman–Crippen LogP) is 3.31. The van der Waals surface area contributed by atoms with Gasteiger partial charge in [0.2, 0.25) is 0 Å². The maximum Gasteiger partial charge on any atom is 0.193 e. The Balaban J connectivity index is 0.00000116. The van der Waals surface area contributed by atoms with Gasteiger partial charge < -0.3 is 0 Å². The SMILES string of the molecule is C=C.N#Cc1ccc(C#Cc2ccc(C#CC=O)cc2)cc1. The van der Waals surface area contributed by atoms with E-state index in [2.05, 4.69) is 42.9 Å². The van der Waals surface area contributed by atoms with Crippen LogP contribution >= 0.6 is 0 Å². The zero-order chi connectivity index (χ0) is 16.2. The maximum atomic E-state index is 10.1. The molecular weight excluding hydrogens is 270 g/mol. The molecule has 0 atom stereocenters. The van der Waals surface area contributed by atoms with Gasteiger partial charge in [-0.2, -0.15) is 5.26 Å². The van der Waals surface area contributed by atoms with Crippen molar-refractivity contribution in [2.24, 2.45) is 0 Å². The van der Waals surface area contributed by atoms with Crippen LogP contribution in [0.2, 0.25) is 0 Å². The van der Waals surface area contributed by atoms with Crippen molar-refractivity contribution in [3.63, 3.8) is 0 Å². The lowest BCUT2D eigenvalue weighted by molar-refractivity contribution is -0.103. The van der Waals surface area contributed by atoms with E-state index in [-0.39, 0.29) is 0 Å². The van der Waals surface area contributed by atoms with E-state index < -0.39 is 0 Å². The summed E-state index contributed by atoms with van der Waals surface area (Å²) in [7, 11) is 0. The number of hydrogen-bond donors (Lipinski definition) is 0. The smallest absolute Gasteiger partial charge is 0.193 e. The van der Waals surface area contributed by atoms with Gasteiger partial charge in [-0.25, -0.2) is 0 Å². The van der Waals surface area contributed by atoms with Crippen LogP contribution in [-0.4, -0.2) is 6.29 Å². The number of aldehydes is 1. The second kappa shape index (κ2) is 9.38. The summed E-state index contributed by atoms with van der Waals surface area (Å²) in [4.78, 5) is 10.1. The van der Waals surface area contributed by atoms with Crippen LogP contribution < -0.4 is 0 Å². The first-order valence-corrected chi connectivity index (χ1v) is 6.39. The highest BCUT2D eigenvalue weighted by molar-refractivity contribution is 5.74. The molecule has 0 aliphatic rings. The first-order chi connectivity index (χ1) is 10.8. The molecule has 2 aromatic rings. The number of benzene rings is 2. The highest BCUT2D eigenvalue weighted by Gasteiger charge is 1.91. The lowest BCUT2D eigenvalue weighted by Crippen LogP contribution is -1.79. The summed E-state index contributed by atoms with van der Waals surface area (Å²) in [5.74, 6) is 11.1. The van der Waals surface area contributed by atoms with Crippen molar-refractivity contribution in [1.82, 2.24) is 0 Å². The molecule has 0 radical (unpaired) electrons. The zero-order valence-corrected chi connectivity index (χ0v) is 12.0. The third-order valence-electron chi connectivity index (χ3n) is 2.53. The molecule has 0 saturated heterocycles. The van der Waals surface area contributed by atoms with E-state index in [1.54, 1.807) is 12.1 Å². The molecule has 2 rings (SSSR count). The second-order valence-electron chi connectivity index (χ2n) is 3.90. The molecule has 0 aliphatic carbocycles. The lowest BCUT2D eigenvalue weighted by atomic mass is 10.1. The Morgan fingerprint density at radius 3 is 1.45 bits per heavy atom. The Labute approximate surface area is 130 Å². The quantitative estimate of drug-likeness (QED) is 0.423. The van der Waals surface area contributed by atoms with E-state index in [9.17, 15) is 4.79 Å². The van der Waals surface area contributed by atoms with Crippen LogP contribution in [0.25, 0.3) is 0 Å². The Morgan fingerprint density at radius 2 is 1.09 bits per heavy atom. The molecule has 22 heavy (non-hydrogen) atoms. The average Bonchev–Trinajstić information content (AvgIpc) is 2.61. The standard InChI is InChI=1S/C18H9NO.C2H4/c19-14-18-11-9-17(10-12-18)8-7-16-5-3-15(4-6-16)2-1-13-20;1-2/h3-6,9-13H;1-2H2. The largest absolute Gasteiger partial charge is 0.289 e. The van der Waals surface area contributed by atoms with Gasteiger partial charge in [0.05, 0.1) is 11.6 Å². The molecule has 2 heteroatoms. The third-order valence-corrected chi connectivity index (χ3v) is 2.53. The van der Waals surface area contributed by atoms with Gasteiger partial charge in [0, 0.05) is 16.7 Å². The van der Waals surface area contributed by atoms with Crippen LogP contribution in [0.5, 0.6) is 0 Å². The lowest BCUT2D eigenvalue weighted by Gasteiger charge is -1.92. The van der Waals surface area contributed by atoms with E-state index in [1.807, 2.05) is 36.4 Å². The van der Waals surface area contributed by atoms with Gasteiger partial charge in [0.25, 0.3) is 0 Å². The van der Waals surface area contributed by atoms with Gasteiger partial charge in [-0.3, -0.25) is 4.79 Å². The van der Waals surface area contributed by atoms with E-state index in [1.165, 1.54) is 0 Å². The summed E-state index contributed by atoms with van der Waals surface area (Å²) < 4.78 is 0. The van der Waals surface area contributed by atoms with Gasteiger partial charge in [0.1, 0.15) is 0 Å². The maximum absolute atomic E-state index is 10.1. The first-order valence-electron chi connectivity index (χ1n) is 6.39. The van der Waals surface area contributed by atoms with Crippen molar-refractivity contribution in [3.8, 4) is 29.8 Å². The van der Waals surface area contributed by atoms with Crippen LogP contribution in [0, 0.1) is 35.0 Å². The summed E-state index contributed by atoms with van der Waals surface area (Å²) >= 11 is 0. The third kappa shape index (κ3) is 5.22. The normalized spacial score (nSPS) is 7.77. The van der Waals surface area contributed by atoms with Crippen molar-refractivity contribution in [3.05, 3.63) is 83.9 Å². The molecule has 0 aliphatic heterocycles. The van der Waals surface area contributed by atoms with Crippen LogP contribution in [0.15, 0.2) is 61.7 Å². The monoisotopic (exact) mass is 283 g/mol.